The minimum atomic E-state index is 0.122. The molecule has 3 nitrogen and oxygen atoms in total. The normalized spacial score (nSPS) is 17.2. The van der Waals surface area contributed by atoms with Gasteiger partial charge in [-0.2, -0.15) is 0 Å². The molecule has 1 aliphatic heterocycles. The van der Waals surface area contributed by atoms with Crippen molar-refractivity contribution in [3.05, 3.63) is 35.5 Å². The smallest absolute Gasteiger partial charge is 0.168 e. The van der Waals surface area contributed by atoms with Crippen molar-refractivity contribution in [1.29, 1.82) is 0 Å². The van der Waals surface area contributed by atoms with Crippen molar-refractivity contribution >= 4 is 16.7 Å². The molecule has 1 fully saturated rings. The van der Waals surface area contributed by atoms with Crippen molar-refractivity contribution in [2.45, 2.75) is 19.8 Å². The summed E-state index contributed by atoms with van der Waals surface area (Å²) in [5.41, 5.74) is 2.90. The molecule has 2 aromatic rings. The molecule has 3 rings (SSSR count). The number of ether oxygens (including phenoxy) is 1. The Balaban J connectivity index is 2.02. The maximum Gasteiger partial charge on any atom is 0.168 e. The summed E-state index contributed by atoms with van der Waals surface area (Å²) in [5.74, 6) is 0.393. The van der Waals surface area contributed by atoms with E-state index in [0.717, 1.165) is 35.0 Å². The number of benzene rings is 1. The van der Waals surface area contributed by atoms with Gasteiger partial charge in [0.2, 0.25) is 0 Å². The first kappa shape index (κ1) is 11.5. The van der Waals surface area contributed by atoms with Gasteiger partial charge in [-0.15, -0.1) is 0 Å². The first-order valence-electron chi connectivity index (χ1n) is 6.46. The third kappa shape index (κ3) is 1.85. The van der Waals surface area contributed by atoms with E-state index in [4.69, 9.17) is 4.74 Å². The third-order valence-electron chi connectivity index (χ3n) is 3.73. The number of hydrogen-bond donors (Lipinski definition) is 1. The van der Waals surface area contributed by atoms with Gasteiger partial charge in [0.1, 0.15) is 0 Å². The lowest BCUT2D eigenvalue weighted by atomic mass is 9.90. The van der Waals surface area contributed by atoms with Gasteiger partial charge in [0, 0.05) is 41.3 Å². The zero-order valence-corrected chi connectivity index (χ0v) is 10.5. The number of aryl methyl sites for hydroxylation is 1. The van der Waals surface area contributed by atoms with Gasteiger partial charge in [-0.05, 0) is 25.8 Å². The average molecular weight is 243 g/mol. The maximum atomic E-state index is 12.6. The number of carbonyl (C=O) groups is 1. The molecular weight excluding hydrogens is 226 g/mol. The summed E-state index contributed by atoms with van der Waals surface area (Å²) in [7, 11) is 0. The molecule has 1 aromatic carbocycles. The van der Waals surface area contributed by atoms with Gasteiger partial charge in [0.25, 0.3) is 0 Å². The summed E-state index contributed by atoms with van der Waals surface area (Å²) < 4.78 is 5.32. The van der Waals surface area contributed by atoms with E-state index < -0.39 is 0 Å². The van der Waals surface area contributed by atoms with Crippen LogP contribution in [0.4, 0.5) is 0 Å². The Morgan fingerprint density at radius 3 is 2.78 bits per heavy atom. The molecule has 0 atom stereocenters. The number of ketones is 1. The fraction of sp³-hybridized carbons (Fsp3) is 0.400. The molecule has 94 valence electrons. The summed E-state index contributed by atoms with van der Waals surface area (Å²) in [6, 6.07) is 8.01. The second-order valence-electron chi connectivity index (χ2n) is 4.92. The van der Waals surface area contributed by atoms with Gasteiger partial charge in [-0.1, -0.05) is 18.2 Å². The molecule has 1 saturated heterocycles. The number of para-hydroxylation sites is 1. The molecule has 1 N–H and O–H groups in total. The van der Waals surface area contributed by atoms with E-state index in [0.29, 0.717) is 13.2 Å². The Morgan fingerprint density at radius 1 is 1.28 bits per heavy atom. The van der Waals surface area contributed by atoms with Crippen LogP contribution >= 0.6 is 0 Å². The van der Waals surface area contributed by atoms with Crippen LogP contribution in [0.2, 0.25) is 0 Å². The molecule has 0 aliphatic carbocycles. The van der Waals surface area contributed by atoms with E-state index >= 15 is 0 Å². The molecule has 0 saturated carbocycles. The predicted octanol–water partition coefficient (Wildman–Crippen LogP) is 3.09. The number of fused-ring (bicyclic) bond motifs is 1. The lowest BCUT2D eigenvalue weighted by Gasteiger charge is -2.20. The van der Waals surface area contributed by atoms with Crippen molar-refractivity contribution in [3.63, 3.8) is 0 Å². The largest absolute Gasteiger partial charge is 0.381 e. The number of rotatable bonds is 2. The van der Waals surface area contributed by atoms with Crippen LogP contribution in [0.1, 0.15) is 28.9 Å². The molecule has 3 heteroatoms. The van der Waals surface area contributed by atoms with E-state index in [2.05, 4.69) is 4.98 Å². The number of nitrogens with one attached hydrogen (secondary N) is 1. The van der Waals surface area contributed by atoms with Crippen LogP contribution < -0.4 is 0 Å². The van der Waals surface area contributed by atoms with Gasteiger partial charge in [0.15, 0.2) is 5.78 Å². The SMILES string of the molecule is Cc1[nH]c2ccccc2c1C(=O)C1CCOCC1. The van der Waals surface area contributed by atoms with Crippen LogP contribution in [0.15, 0.2) is 24.3 Å². The molecule has 0 unspecified atom stereocenters. The molecule has 2 heterocycles. The number of aromatic amines is 1. The van der Waals surface area contributed by atoms with Crippen LogP contribution in [0.5, 0.6) is 0 Å². The zero-order chi connectivity index (χ0) is 12.5. The fourth-order valence-corrected chi connectivity index (χ4v) is 2.76. The molecule has 18 heavy (non-hydrogen) atoms. The lowest BCUT2D eigenvalue weighted by molar-refractivity contribution is 0.0545. The maximum absolute atomic E-state index is 12.6. The monoisotopic (exact) mass is 243 g/mol. The summed E-state index contributed by atoms with van der Waals surface area (Å²) in [5, 5.41) is 1.05. The highest BCUT2D eigenvalue weighted by Gasteiger charge is 2.26. The van der Waals surface area contributed by atoms with E-state index in [-0.39, 0.29) is 11.7 Å². The molecule has 1 aliphatic rings. The van der Waals surface area contributed by atoms with Gasteiger partial charge in [-0.3, -0.25) is 4.79 Å². The van der Waals surface area contributed by atoms with Crippen LogP contribution in [0.25, 0.3) is 10.9 Å². The van der Waals surface area contributed by atoms with Crippen molar-refractivity contribution in [2.75, 3.05) is 13.2 Å². The number of Topliss-reactive ketones (excluding diaryl/α,β-unsaturated/α-hetero) is 1. The summed E-state index contributed by atoms with van der Waals surface area (Å²) in [6.45, 7) is 3.39. The minimum Gasteiger partial charge on any atom is -0.381 e. The highest BCUT2D eigenvalue weighted by Crippen LogP contribution is 2.28. The highest BCUT2D eigenvalue weighted by molar-refractivity contribution is 6.10. The molecular formula is C15H17NO2. The first-order chi connectivity index (χ1) is 8.77. The number of hydrogen-bond acceptors (Lipinski definition) is 2. The molecule has 1 aromatic heterocycles. The Kier molecular flexibility index (Phi) is 2.92. The Hall–Kier alpha value is -1.61. The summed E-state index contributed by atoms with van der Waals surface area (Å²) >= 11 is 0. The summed E-state index contributed by atoms with van der Waals surface area (Å²) in [4.78, 5) is 15.9. The minimum absolute atomic E-state index is 0.122. The van der Waals surface area contributed by atoms with Crippen LogP contribution in [-0.2, 0) is 4.74 Å². The van der Waals surface area contributed by atoms with E-state index in [9.17, 15) is 4.79 Å². The van der Waals surface area contributed by atoms with Gasteiger partial charge in [-0.25, -0.2) is 0 Å². The molecule has 0 amide bonds. The Labute approximate surface area is 106 Å². The highest BCUT2D eigenvalue weighted by atomic mass is 16.5. The molecule has 0 radical (unpaired) electrons. The second-order valence-corrected chi connectivity index (χ2v) is 4.92. The van der Waals surface area contributed by atoms with Crippen molar-refractivity contribution in [1.82, 2.24) is 4.98 Å². The number of carbonyl (C=O) groups excluding carboxylic acids is 1. The van der Waals surface area contributed by atoms with E-state index in [1.807, 2.05) is 31.2 Å². The van der Waals surface area contributed by atoms with Crippen LogP contribution in [0.3, 0.4) is 0 Å². The predicted molar refractivity (Wildman–Crippen MR) is 70.9 cm³/mol. The van der Waals surface area contributed by atoms with Crippen molar-refractivity contribution in [2.24, 2.45) is 5.92 Å². The van der Waals surface area contributed by atoms with Crippen molar-refractivity contribution in [3.8, 4) is 0 Å². The lowest BCUT2D eigenvalue weighted by Crippen LogP contribution is -2.23. The van der Waals surface area contributed by atoms with Crippen LogP contribution in [-0.4, -0.2) is 24.0 Å². The quantitative estimate of drug-likeness (QED) is 0.823. The topological polar surface area (TPSA) is 42.1 Å². The van der Waals surface area contributed by atoms with E-state index in [1.165, 1.54) is 0 Å². The fourth-order valence-electron chi connectivity index (χ4n) is 2.76. The third-order valence-corrected chi connectivity index (χ3v) is 3.73. The zero-order valence-electron chi connectivity index (χ0n) is 10.5. The van der Waals surface area contributed by atoms with Crippen molar-refractivity contribution < 1.29 is 9.53 Å². The summed E-state index contributed by atoms with van der Waals surface area (Å²) in [6.07, 6.45) is 1.69. The molecule has 0 bridgehead atoms. The van der Waals surface area contributed by atoms with Gasteiger partial charge in [0.05, 0.1) is 0 Å². The Bertz CT molecular complexity index is 579. The van der Waals surface area contributed by atoms with Gasteiger partial charge < -0.3 is 9.72 Å². The number of aromatic nitrogens is 1. The first-order valence-corrected chi connectivity index (χ1v) is 6.46. The average Bonchev–Trinajstić information content (AvgIpc) is 2.75. The van der Waals surface area contributed by atoms with Crippen LogP contribution in [0, 0.1) is 12.8 Å². The number of H-pyrrole nitrogens is 1. The standard InChI is InChI=1S/C15H17NO2/c1-10-14(12-4-2-3-5-13(12)16-10)15(17)11-6-8-18-9-7-11/h2-5,11,16H,6-9H2,1H3. The second kappa shape index (κ2) is 4.58. The Morgan fingerprint density at radius 2 is 2.00 bits per heavy atom. The van der Waals surface area contributed by atoms with Gasteiger partial charge >= 0.3 is 0 Å². The molecule has 0 spiro atoms. The van der Waals surface area contributed by atoms with E-state index in [1.54, 1.807) is 0 Å².